The Morgan fingerprint density at radius 2 is 1.68 bits per heavy atom. The molecule has 1 aliphatic carbocycles. The zero-order valence-electron chi connectivity index (χ0n) is 21.1. The van der Waals surface area contributed by atoms with Crippen LogP contribution in [0.4, 0.5) is 13.2 Å². The Morgan fingerprint density at radius 1 is 1.11 bits per heavy atom. The minimum atomic E-state index is -5.08. The molecule has 0 aromatic heterocycles. The van der Waals surface area contributed by atoms with E-state index in [-0.39, 0.29) is 23.8 Å². The maximum absolute atomic E-state index is 13.0. The van der Waals surface area contributed by atoms with Crippen molar-refractivity contribution in [3.8, 4) is 0 Å². The number of carbonyl (C=O) groups excluding carboxylic acids is 2. The number of rotatable bonds is 7. The normalized spacial score (nSPS) is 19.6. The first-order valence-corrected chi connectivity index (χ1v) is 12.8. The first-order chi connectivity index (χ1) is 17.3. The molecule has 1 aromatic carbocycles. The van der Waals surface area contributed by atoms with E-state index < -0.39 is 18.2 Å². The quantitative estimate of drug-likeness (QED) is 0.478. The lowest BCUT2D eigenvalue weighted by atomic mass is 9.92. The molecule has 3 rings (SSSR count). The fourth-order valence-corrected chi connectivity index (χ4v) is 4.72. The monoisotopic (exact) mass is 548 g/mol. The van der Waals surface area contributed by atoms with Crippen LogP contribution in [0.5, 0.6) is 0 Å². The van der Waals surface area contributed by atoms with E-state index in [0.717, 1.165) is 31.4 Å². The minimum Gasteiger partial charge on any atom is -0.475 e. The summed E-state index contributed by atoms with van der Waals surface area (Å²) in [4.78, 5) is 36.6. The van der Waals surface area contributed by atoms with E-state index in [0.29, 0.717) is 24.0 Å². The van der Waals surface area contributed by atoms with Gasteiger partial charge in [0.2, 0.25) is 5.91 Å². The van der Waals surface area contributed by atoms with Gasteiger partial charge in [0, 0.05) is 36.1 Å². The van der Waals surface area contributed by atoms with E-state index in [9.17, 15) is 22.8 Å². The highest BCUT2D eigenvalue weighted by Gasteiger charge is 2.38. The summed E-state index contributed by atoms with van der Waals surface area (Å²) in [5.41, 5.74) is 10.1. The molecule has 208 valence electrons. The van der Waals surface area contributed by atoms with Crippen LogP contribution in [0, 0.1) is 5.92 Å². The van der Waals surface area contributed by atoms with Crippen LogP contribution in [0.2, 0.25) is 5.02 Å². The van der Waals surface area contributed by atoms with Crippen molar-refractivity contribution in [2.24, 2.45) is 11.7 Å². The molecule has 2 atom stereocenters. The molecule has 0 bridgehead atoms. The Bertz CT molecular complexity index is 908. The van der Waals surface area contributed by atoms with Gasteiger partial charge in [0.25, 0.3) is 5.91 Å². The van der Waals surface area contributed by atoms with Gasteiger partial charge in [0.05, 0.1) is 6.04 Å². The second-order valence-corrected chi connectivity index (χ2v) is 10.2. The van der Waals surface area contributed by atoms with Crippen molar-refractivity contribution in [3.63, 3.8) is 0 Å². The smallest absolute Gasteiger partial charge is 0.475 e. The third-order valence-corrected chi connectivity index (χ3v) is 6.74. The van der Waals surface area contributed by atoms with Gasteiger partial charge in [-0.1, -0.05) is 56.8 Å². The number of nitrogens with one attached hydrogen (secondary N) is 1. The summed E-state index contributed by atoms with van der Waals surface area (Å²) in [6.45, 7) is 5.35. The molecule has 2 amide bonds. The van der Waals surface area contributed by atoms with Gasteiger partial charge < -0.3 is 15.7 Å². The number of benzene rings is 1. The van der Waals surface area contributed by atoms with Crippen molar-refractivity contribution in [2.75, 3.05) is 13.1 Å². The second-order valence-electron chi connectivity index (χ2n) is 9.80. The van der Waals surface area contributed by atoms with Crippen molar-refractivity contribution in [1.29, 1.82) is 0 Å². The maximum Gasteiger partial charge on any atom is 0.490 e. The highest BCUT2D eigenvalue weighted by Crippen LogP contribution is 2.28. The van der Waals surface area contributed by atoms with E-state index in [1.54, 1.807) is 12.1 Å². The predicted molar refractivity (Wildman–Crippen MR) is 133 cm³/mol. The lowest BCUT2D eigenvalue weighted by Crippen LogP contribution is -2.53. The van der Waals surface area contributed by atoms with Gasteiger partial charge in [-0.2, -0.15) is 13.2 Å². The van der Waals surface area contributed by atoms with Crippen LogP contribution in [-0.4, -0.2) is 70.2 Å². The van der Waals surface area contributed by atoms with Crippen LogP contribution >= 0.6 is 11.6 Å². The summed E-state index contributed by atoms with van der Waals surface area (Å²) in [6.07, 6.45) is 2.08. The van der Waals surface area contributed by atoms with E-state index >= 15 is 0 Å². The first kappa shape index (κ1) is 30.9. The number of hydrazine groups is 1. The van der Waals surface area contributed by atoms with Gasteiger partial charge in [0.1, 0.15) is 0 Å². The number of amides is 2. The highest BCUT2D eigenvalue weighted by atomic mass is 35.5. The number of nitrogens with zero attached hydrogens (tertiary/aromatic N) is 2. The molecule has 0 spiro atoms. The Balaban J connectivity index is 0.000000604. The van der Waals surface area contributed by atoms with Crippen LogP contribution in [-0.2, 0) is 20.8 Å². The molecule has 0 radical (unpaired) electrons. The molecule has 2 aliphatic rings. The molecule has 1 aliphatic heterocycles. The summed E-state index contributed by atoms with van der Waals surface area (Å²) in [5, 5.41) is 9.72. The number of alkyl halides is 3. The summed E-state index contributed by atoms with van der Waals surface area (Å²) >= 11 is 5.92. The van der Waals surface area contributed by atoms with Crippen molar-refractivity contribution in [2.45, 2.75) is 83.1 Å². The van der Waals surface area contributed by atoms with Gasteiger partial charge in [-0.3, -0.25) is 15.0 Å². The van der Waals surface area contributed by atoms with Crippen LogP contribution in [0.1, 0.15) is 57.9 Å². The molecule has 37 heavy (non-hydrogen) atoms. The Morgan fingerprint density at radius 3 is 2.19 bits per heavy atom. The lowest BCUT2D eigenvalue weighted by Gasteiger charge is -2.39. The summed E-state index contributed by atoms with van der Waals surface area (Å²) < 4.78 is 31.7. The topological polar surface area (TPSA) is 116 Å². The number of hydrogen-bond acceptors (Lipinski definition) is 5. The van der Waals surface area contributed by atoms with Gasteiger partial charge in [-0.15, -0.1) is 0 Å². The van der Waals surface area contributed by atoms with E-state index in [1.165, 1.54) is 19.3 Å². The Labute approximate surface area is 220 Å². The Hall–Kier alpha value is -2.37. The van der Waals surface area contributed by atoms with Crippen molar-refractivity contribution < 1.29 is 32.7 Å². The van der Waals surface area contributed by atoms with Gasteiger partial charge >= 0.3 is 12.1 Å². The molecule has 4 N–H and O–H groups in total. The molecule has 1 saturated carbocycles. The standard InChI is InChI=1S/C23H35ClN4O2.C2HF3O2/c1-16(2)23(30)28(19-6-4-3-5-7-19)20-12-13-27(15-20)26-22(29)21(25)14-17-8-10-18(24)11-9-17;3-2(4,5)1(6)7/h8-11,16,19-21H,3-7,12-15,25H2,1-2H3,(H,26,29);(H,6,7)/t20-,21+;/m0./s1. The largest absolute Gasteiger partial charge is 0.490 e. The summed E-state index contributed by atoms with van der Waals surface area (Å²) in [5.74, 6) is -2.72. The number of nitrogens with two attached hydrogens (primary N) is 1. The van der Waals surface area contributed by atoms with Crippen LogP contribution < -0.4 is 11.2 Å². The number of carboxylic acids is 1. The number of hydrogen-bond donors (Lipinski definition) is 3. The molecule has 2 fully saturated rings. The molecule has 0 unspecified atom stereocenters. The van der Waals surface area contributed by atoms with Crippen molar-refractivity contribution in [1.82, 2.24) is 15.3 Å². The number of aliphatic carboxylic acids is 1. The van der Waals surface area contributed by atoms with E-state index in [1.807, 2.05) is 31.0 Å². The van der Waals surface area contributed by atoms with Crippen LogP contribution in [0.3, 0.4) is 0 Å². The predicted octanol–water partition coefficient (Wildman–Crippen LogP) is 3.77. The third kappa shape index (κ3) is 9.79. The fourth-order valence-electron chi connectivity index (χ4n) is 4.59. The number of carboxylic acid groups (broad SMARTS) is 1. The summed E-state index contributed by atoms with van der Waals surface area (Å²) in [7, 11) is 0. The SMILES string of the molecule is CC(C)C(=O)N(C1CCCCC1)[C@H]1CCN(NC(=O)[C@H](N)Cc2ccc(Cl)cc2)C1.O=C(O)C(F)(F)F. The van der Waals surface area contributed by atoms with Crippen LogP contribution in [0.25, 0.3) is 0 Å². The maximum atomic E-state index is 13.0. The highest BCUT2D eigenvalue weighted by molar-refractivity contribution is 6.30. The van der Waals surface area contributed by atoms with Gasteiger partial charge in [0.15, 0.2) is 0 Å². The van der Waals surface area contributed by atoms with E-state index in [4.69, 9.17) is 27.2 Å². The second kappa shape index (κ2) is 14.0. The van der Waals surface area contributed by atoms with Gasteiger partial charge in [-0.25, -0.2) is 9.80 Å². The number of carbonyl (C=O) groups is 3. The zero-order chi connectivity index (χ0) is 27.8. The molecule has 1 aromatic rings. The van der Waals surface area contributed by atoms with Gasteiger partial charge in [-0.05, 0) is 43.4 Å². The average Bonchev–Trinajstić information content (AvgIpc) is 3.28. The fraction of sp³-hybridized carbons (Fsp3) is 0.640. The van der Waals surface area contributed by atoms with Crippen molar-refractivity contribution in [3.05, 3.63) is 34.9 Å². The molecule has 12 heteroatoms. The van der Waals surface area contributed by atoms with E-state index in [2.05, 4.69) is 10.3 Å². The molecular weight excluding hydrogens is 513 g/mol. The molecule has 1 saturated heterocycles. The molecule has 1 heterocycles. The van der Waals surface area contributed by atoms with Crippen molar-refractivity contribution >= 4 is 29.4 Å². The first-order valence-electron chi connectivity index (χ1n) is 12.5. The minimum absolute atomic E-state index is 0.0108. The van der Waals surface area contributed by atoms with Crippen LogP contribution in [0.15, 0.2) is 24.3 Å². The molecular formula is C25H36ClF3N4O4. The molecule has 8 nitrogen and oxygen atoms in total. The number of halogens is 4. The third-order valence-electron chi connectivity index (χ3n) is 6.49. The Kier molecular flexibility index (Phi) is 11.6. The zero-order valence-corrected chi connectivity index (χ0v) is 21.9. The average molecular weight is 549 g/mol. The lowest BCUT2D eigenvalue weighted by molar-refractivity contribution is -0.192. The summed E-state index contributed by atoms with van der Waals surface area (Å²) in [6, 6.07) is 7.24.